The molecule has 1 saturated carbocycles. The van der Waals surface area contributed by atoms with Crippen molar-refractivity contribution in [3.05, 3.63) is 71.7 Å². The van der Waals surface area contributed by atoms with Crippen molar-refractivity contribution in [3.8, 4) is 17.3 Å². The summed E-state index contributed by atoms with van der Waals surface area (Å²) in [6, 6.07) is 11.6. The summed E-state index contributed by atoms with van der Waals surface area (Å²) < 4.78 is 6.00. The fourth-order valence-electron chi connectivity index (χ4n) is 4.23. The molecule has 1 N–H and O–H groups in total. The van der Waals surface area contributed by atoms with Gasteiger partial charge >= 0.3 is 0 Å². The van der Waals surface area contributed by atoms with Gasteiger partial charge in [0.05, 0.1) is 12.2 Å². The van der Waals surface area contributed by atoms with E-state index in [0.29, 0.717) is 23.9 Å². The molecule has 2 heterocycles. The van der Waals surface area contributed by atoms with Crippen LogP contribution in [0.4, 0.5) is 0 Å². The Morgan fingerprint density at radius 2 is 1.78 bits per heavy atom. The Labute approximate surface area is 189 Å². The summed E-state index contributed by atoms with van der Waals surface area (Å²) >= 11 is 0. The van der Waals surface area contributed by atoms with E-state index in [4.69, 9.17) is 4.74 Å². The summed E-state index contributed by atoms with van der Waals surface area (Å²) in [4.78, 5) is 26.5. The molecule has 1 fully saturated rings. The van der Waals surface area contributed by atoms with Crippen molar-refractivity contribution in [3.63, 3.8) is 0 Å². The molecule has 0 radical (unpaired) electrons. The van der Waals surface area contributed by atoms with E-state index in [1.165, 1.54) is 6.42 Å². The number of aromatic nitrogens is 3. The van der Waals surface area contributed by atoms with Crippen molar-refractivity contribution in [1.82, 2.24) is 20.3 Å². The molecule has 0 spiro atoms. The summed E-state index contributed by atoms with van der Waals surface area (Å²) in [5.74, 6) is 1.35. The number of amides is 1. The van der Waals surface area contributed by atoms with Crippen molar-refractivity contribution in [2.75, 3.05) is 6.61 Å². The standard InChI is InChI=1S/C26H30N4O2/c1-18-9-11-21(25-27-13-6-14-28-25)22(15-18)26(31)30-23-8-5-3-4-7-20(23)17-32-24-12-10-19(2)16-29-24/h6,9-16,20,23H,3-5,7-8,17H2,1-2H3,(H,30,31). The molecule has 1 aliphatic rings. The monoisotopic (exact) mass is 430 g/mol. The molecule has 166 valence electrons. The Morgan fingerprint density at radius 3 is 2.56 bits per heavy atom. The molecule has 0 saturated heterocycles. The van der Waals surface area contributed by atoms with E-state index < -0.39 is 0 Å². The molecule has 1 aromatic carbocycles. The summed E-state index contributed by atoms with van der Waals surface area (Å²) in [5.41, 5.74) is 3.49. The van der Waals surface area contributed by atoms with E-state index in [1.54, 1.807) is 18.5 Å². The number of nitrogens with zero attached hydrogens (tertiary/aromatic N) is 3. The zero-order chi connectivity index (χ0) is 22.3. The van der Waals surface area contributed by atoms with Crippen LogP contribution in [0.5, 0.6) is 5.88 Å². The molecule has 1 amide bonds. The van der Waals surface area contributed by atoms with Crippen LogP contribution >= 0.6 is 0 Å². The highest BCUT2D eigenvalue weighted by Crippen LogP contribution is 2.26. The second kappa shape index (κ2) is 10.4. The first-order chi connectivity index (χ1) is 15.6. The second-order valence-corrected chi connectivity index (χ2v) is 8.58. The molecule has 2 atom stereocenters. The van der Waals surface area contributed by atoms with E-state index in [9.17, 15) is 4.79 Å². The molecule has 3 aromatic rings. The van der Waals surface area contributed by atoms with Gasteiger partial charge in [0.25, 0.3) is 5.91 Å². The molecule has 32 heavy (non-hydrogen) atoms. The van der Waals surface area contributed by atoms with E-state index >= 15 is 0 Å². The lowest BCUT2D eigenvalue weighted by Crippen LogP contribution is -2.42. The van der Waals surface area contributed by atoms with Crippen LogP contribution in [0.3, 0.4) is 0 Å². The number of hydrogen-bond donors (Lipinski definition) is 1. The fourth-order valence-corrected chi connectivity index (χ4v) is 4.23. The Bertz CT molecular complexity index is 1040. The minimum atomic E-state index is -0.0819. The van der Waals surface area contributed by atoms with E-state index in [1.807, 2.05) is 50.4 Å². The maximum atomic E-state index is 13.4. The normalized spacial score (nSPS) is 18.6. The number of rotatable bonds is 6. The van der Waals surface area contributed by atoms with Crippen molar-refractivity contribution >= 4 is 5.91 Å². The van der Waals surface area contributed by atoms with Crippen molar-refractivity contribution in [1.29, 1.82) is 0 Å². The van der Waals surface area contributed by atoms with Gasteiger partial charge in [0.15, 0.2) is 5.82 Å². The summed E-state index contributed by atoms with van der Waals surface area (Å²) in [7, 11) is 0. The van der Waals surface area contributed by atoms with Crippen molar-refractivity contribution < 1.29 is 9.53 Å². The third-order valence-corrected chi connectivity index (χ3v) is 6.03. The maximum Gasteiger partial charge on any atom is 0.252 e. The zero-order valence-electron chi connectivity index (χ0n) is 18.8. The fraction of sp³-hybridized carbons (Fsp3) is 0.385. The number of pyridine rings is 1. The minimum Gasteiger partial charge on any atom is -0.477 e. The predicted octanol–water partition coefficient (Wildman–Crippen LogP) is 4.91. The van der Waals surface area contributed by atoms with Crippen LogP contribution in [-0.4, -0.2) is 33.5 Å². The molecule has 0 aliphatic heterocycles. The Balaban J connectivity index is 1.51. The maximum absolute atomic E-state index is 13.4. The van der Waals surface area contributed by atoms with Crippen molar-refractivity contribution in [2.24, 2.45) is 5.92 Å². The van der Waals surface area contributed by atoms with E-state index in [2.05, 4.69) is 20.3 Å². The van der Waals surface area contributed by atoms with Gasteiger partial charge in [-0.1, -0.05) is 43.0 Å². The number of hydrogen-bond acceptors (Lipinski definition) is 5. The van der Waals surface area contributed by atoms with Crippen LogP contribution in [0.25, 0.3) is 11.4 Å². The van der Waals surface area contributed by atoms with Crippen LogP contribution in [0.2, 0.25) is 0 Å². The highest BCUT2D eigenvalue weighted by Gasteiger charge is 2.27. The minimum absolute atomic E-state index is 0.0560. The molecular weight excluding hydrogens is 400 g/mol. The first-order valence-corrected chi connectivity index (χ1v) is 11.3. The van der Waals surface area contributed by atoms with Crippen LogP contribution in [0.15, 0.2) is 55.0 Å². The quantitative estimate of drug-likeness (QED) is 0.562. The molecule has 1 aliphatic carbocycles. The first kappa shape index (κ1) is 21.9. The number of aryl methyl sites for hydroxylation is 2. The predicted molar refractivity (Wildman–Crippen MR) is 125 cm³/mol. The number of benzene rings is 1. The zero-order valence-corrected chi connectivity index (χ0v) is 18.8. The summed E-state index contributed by atoms with van der Waals surface area (Å²) in [5, 5.41) is 3.31. The Morgan fingerprint density at radius 1 is 1.00 bits per heavy atom. The third kappa shape index (κ3) is 5.49. The largest absolute Gasteiger partial charge is 0.477 e. The second-order valence-electron chi connectivity index (χ2n) is 8.58. The molecule has 2 aromatic heterocycles. The van der Waals surface area contributed by atoms with Crippen LogP contribution < -0.4 is 10.1 Å². The topological polar surface area (TPSA) is 77.0 Å². The first-order valence-electron chi connectivity index (χ1n) is 11.3. The highest BCUT2D eigenvalue weighted by molar-refractivity contribution is 6.00. The lowest BCUT2D eigenvalue weighted by Gasteiger charge is -2.26. The van der Waals surface area contributed by atoms with Gasteiger partial charge in [-0.25, -0.2) is 15.0 Å². The van der Waals surface area contributed by atoms with Gasteiger partial charge in [0.2, 0.25) is 5.88 Å². The number of carbonyl (C=O) groups excluding carboxylic acids is 1. The third-order valence-electron chi connectivity index (χ3n) is 6.03. The van der Waals surface area contributed by atoms with Gasteiger partial charge in [0.1, 0.15) is 0 Å². The molecule has 6 nitrogen and oxygen atoms in total. The average molecular weight is 431 g/mol. The van der Waals surface area contributed by atoms with Gasteiger partial charge < -0.3 is 10.1 Å². The number of carbonyl (C=O) groups is 1. The van der Waals surface area contributed by atoms with Gasteiger partial charge in [-0.2, -0.15) is 0 Å². The molecular formula is C26H30N4O2. The molecule has 2 unspecified atom stereocenters. The van der Waals surface area contributed by atoms with Crippen molar-refractivity contribution in [2.45, 2.75) is 52.0 Å². The van der Waals surface area contributed by atoms with E-state index in [0.717, 1.165) is 42.4 Å². The Kier molecular flexibility index (Phi) is 7.10. The average Bonchev–Trinajstić information content (AvgIpc) is 3.04. The Hall–Kier alpha value is -3.28. The number of nitrogens with one attached hydrogen (secondary N) is 1. The van der Waals surface area contributed by atoms with Gasteiger partial charge in [-0.3, -0.25) is 4.79 Å². The summed E-state index contributed by atoms with van der Waals surface area (Å²) in [6.07, 6.45) is 10.6. The van der Waals surface area contributed by atoms with Gasteiger partial charge in [-0.05, 0) is 44.4 Å². The highest BCUT2D eigenvalue weighted by atomic mass is 16.5. The van der Waals surface area contributed by atoms with E-state index in [-0.39, 0.29) is 17.9 Å². The van der Waals surface area contributed by atoms with Gasteiger partial charge in [-0.15, -0.1) is 0 Å². The number of ether oxygens (including phenoxy) is 1. The molecule has 6 heteroatoms. The lowest BCUT2D eigenvalue weighted by molar-refractivity contribution is 0.0904. The summed E-state index contributed by atoms with van der Waals surface area (Å²) in [6.45, 7) is 4.54. The lowest BCUT2D eigenvalue weighted by atomic mass is 9.94. The smallest absolute Gasteiger partial charge is 0.252 e. The van der Waals surface area contributed by atoms with Crippen LogP contribution in [-0.2, 0) is 0 Å². The SMILES string of the molecule is Cc1ccc(OCC2CCCCCC2NC(=O)c2cc(C)ccc2-c2ncccn2)nc1. The molecule has 0 bridgehead atoms. The van der Waals surface area contributed by atoms with Crippen LogP contribution in [0, 0.1) is 19.8 Å². The van der Waals surface area contributed by atoms with Gasteiger partial charge in [0, 0.05) is 42.2 Å². The molecule has 4 rings (SSSR count). The van der Waals surface area contributed by atoms with Crippen LogP contribution in [0.1, 0.15) is 53.6 Å².